The summed E-state index contributed by atoms with van der Waals surface area (Å²) >= 11 is 0. The van der Waals surface area contributed by atoms with E-state index in [1.54, 1.807) is 0 Å². The van der Waals surface area contributed by atoms with Gasteiger partial charge in [-0.05, 0) is 48.8 Å². The Morgan fingerprint density at radius 1 is 1.33 bits per heavy atom. The molecule has 134 valence electrons. The zero-order valence-electron chi connectivity index (χ0n) is 15.3. The largest absolute Gasteiger partial charge is 0.494 e. The molecule has 4 heteroatoms. The molecule has 0 radical (unpaired) electrons. The Kier molecular flexibility index (Phi) is 7.10. The van der Waals surface area contributed by atoms with Gasteiger partial charge in [0.2, 0.25) is 5.91 Å². The van der Waals surface area contributed by atoms with Crippen LogP contribution in [-0.4, -0.2) is 31.8 Å². The minimum atomic E-state index is 0.0779. The second-order valence-corrected chi connectivity index (χ2v) is 7.15. The third-order valence-corrected chi connectivity index (χ3v) is 4.89. The van der Waals surface area contributed by atoms with Gasteiger partial charge in [0.15, 0.2) is 0 Å². The first-order chi connectivity index (χ1) is 11.5. The molecule has 0 saturated carbocycles. The molecular formula is C20H31NO3. The molecule has 1 fully saturated rings. The van der Waals surface area contributed by atoms with Crippen LogP contribution in [0.2, 0.25) is 0 Å². The number of hydrogen-bond donors (Lipinski definition) is 1. The zero-order chi connectivity index (χ0) is 17.4. The highest BCUT2D eigenvalue weighted by Crippen LogP contribution is 2.28. The average molecular weight is 333 g/mol. The molecule has 1 heterocycles. The lowest BCUT2D eigenvalue weighted by molar-refractivity contribution is -0.121. The topological polar surface area (TPSA) is 47.6 Å². The van der Waals surface area contributed by atoms with Gasteiger partial charge in [0, 0.05) is 19.6 Å². The van der Waals surface area contributed by atoms with E-state index < -0.39 is 0 Å². The molecule has 24 heavy (non-hydrogen) atoms. The van der Waals surface area contributed by atoms with E-state index in [0.717, 1.165) is 38.0 Å². The van der Waals surface area contributed by atoms with E-state index in [9.17, 15) is 4.79 Å². The van der Waals surface area contributed by atoms with E-state index in [4.69, 9.17) is 9.47 Å². The van der Waals surface area contributed by atoms with Gasteiger partial charge >= 0.3 is 0 Å². The number of carbonyl (C=O) groups is 1. The number of hydrogen-bond acceptors (Lipinski definition) is 3. The van der Waals surface area contributed by atoms with Crippen LogP contribution in [-0.2, 0) is 14.9 Å². The van der Waals surface area contributed by atoms with E-state index in [2.05, 4.69) is 38.2 Å². The van der Waals surface area contributed by atoms with Crippen molar-refractivity contribution in [3.8, 4) is 5.75 Å². The molecule has 0 spiro atoms. The van der Waals surface area contributed by atoms with Crippen molar-refractivity contribution in [2.75, 3.05) is 19.8 Å². The van der Waals surface area contributed by atoms with Crippen molar-refractivity contribution in [2.45, 2.75) is 64.4 Å². The highest BCUT2D eigenvalue weighted by molar-refractivity contribution is 5.75. The molecule has 0 aliphatic carbocycles. The maximum Gasteiger partial charge on any atom is 0.220 e. The summed E-state index contributed by atoms with van der Waals surface area (Å²) in [5, 5.41) is 2.93. The van der Waals surface area contributed by atoms with Gasteiger partial charge in [-0.1, -0.05) is 32.9 Å². The maximum absolute atomic E-state index is 11.8. The van der Waals surface area contributed by atoms with Gasteiger partial charge < -0.3 is 14.8 Å². The Morgan fingerprint density at radius 3 is 2.71 bits per heavy atom. The number of rotatable bonds is 9. The van der Waals surface area contributed by atoms with E-state index >= 15 is 0 Å². The molecule has 2 rings (SSSR count). The van der Waals surface area contributed by atoms with Gasteiger partial charge in [0.25, 0.3) is 0 Å². The fourth-order valence-electron chi connectivity index (χ4n) is 2.75. The lowest BCUT2D eigenvalue weighted by atomic mass is 9.82. The van der Waals surface area contributed by atoms with Crippen LogP contribution < -0.4 is 10.1 Å². The first-order valence-electron chi connectivity index (χ1n) is 9.13. The monoisotopic (exact) mass is 333 g/mol. The molecule has 1 amide bonds. The van der Waals surface area contributed by atoms with Gasteiger partial charge in [-0.25, -0.2) is 0 Å². The van der Waals surface area contributed by atoms with E-state index in [-0.39, 0.29) is 17.4 Å². The maximum atomic E-state index is 11.8. The highest BCUT2D eigenvalue weighted by Gasteiger charge is 2.18. The van der Waals surface area contributed by atoms with Crippen molar-refractivity contribution in [3.05, 3.63) is 29.8 Å². The minimum absolute atomic E-state index is 0.0779. The molecule has 1 aliphatic heterocycles. The summed E-state index contributed by atoms with van der Waals surface area (Å²) in [4.78, 5) is 11.8. The second kappa shape index (κ2) is 9.07. The Bertz CT molecular complexity index is 504. The van der Waals surface area contributed by atoms with Crippen LogP contribution in [0.5, 0.6) is 5.75 Å². The molecule has 1 aromatic rings. The van der Waals surface area contributed by atoms with Crippen molar-refractivity contribution in [3.63, 3.8) is 0 Å². The summed E-state index contributed by atoms with van der Waals surface area (Å²) in [5.41, 5.74) is 1.52. The van der Waals surface area contributed by atoms with Crippen molar-refractivity contribution in [2.24, 2.45) is 0 Å². The SMILES string of the molecule is CCC(C)(C)c1ccc(OCCCC(=O)NCC2CCCO2)cc1. The predicted molar refractivity (Wildman–Crippen MR) is 96.5 cm³/mol. The molecule has 1 saturated heterocycles. The predicted octanol–water partition coefficient (Wildman–Crippen LogP) is 3.83. The molecule has 1 aromatic carbocycles. The van der Waals surface area contributed by atoms with Gasteiger partial charge in [0.05, 0.1) is 12.7 Å². The summed E-state index contributed by atoms with van der Waals surface area (Å²) in [7, 11) is 0. The number of benzene rings is 1. The Balaban J connectivity index is 1.62. The Hall–Kier alpha value is -1.55. The molecule has 1 atom stereocenters. The second-order valence-electron chi connectivity index (χ2n) is 7.15. The van der Waals surface area contributed by atoms with Crippen LogP contribution in [0.25, 0.3) is 0 Å². The average Bonchev–Trinajstić information content (AvgIpc) is 3.11. The standard InChI is InChI=1S/C20H31NO3/c1-4-20(2,3)16-9-11-17(12-10-16)23-14-6-8-19(22)21-15-18-7-5-13-24-18/h9-12,18H,4-8,13-15H2,1-3H3,(H,21,22). The molecule has 0 bridgehead atoms. The fourth-order valence-corrected chi connectivity index (χ4v) is 2.75. The summed E-state index contributed by atoms with van der Waals surface area (Å²) < 4.78 is 11.2. The molecule has 1 N–H and O–H groups in total. The number of nitrogens with one attached hydrogen (secondary N) is 1. The van der Waals surface area contributed by atoms with Gasteiger partial charge in [0.1, 0.15) is 5.75 Å². The summed E-state index contributed by atoms with van der Waals surface area (Å²) in [6, 6.07) is 8.30. The van der Waals surface area contributed by atoms with Gasteiger partial charge in [-0.15, -0.1) is 0 Å². The smallest absolute Gasteiger partial charge is 0.220 e. The molecule has 4 nitrogen and oxygen atoms in total. The third kappa shape index (κ3) is 5.82. The summed E-state index contributed by atoms with van der Waals surface area (Å²) in [6.07, 6.45) is 4.68. The molecule has 1 unspecified atom stereocenters. The summed E-state index contributed by atoms with van der Waals surface area (Å²) in [5.74, 6) is 0.944. The van der Waals surface area contributed by atoms with Crippen molar-refractivity contribution >= 4 is 5.91 Å². The van der Waals surface area contributed by atoms with Crippen LogP contribution in [0.4, 0.5) is 0 Å². The number of ether oxygens (including phenoxy) is 2. The first kappa shape index (κ1) is 18.8. The van der Waals surface area contributed by atoms with E-state index in [1.165, 1.54) is 5.56 Å². The molecule has 1 aliphatic rings. The molecular weight excluding hydrogens is 302 g/mol. The van der Waals surface area contributed by atoms with E-state index in [1.807, 2.05) is 12.1 Å². The number of carbonyl (C=O) groups excluding carboxylic acids is 1. The first-order valence-corrected chi connectivity index (χ1v) is 9.13. The summed E-state index contributed by atoms with van der Waals surface area (Å²) in [6.45, 7) is 8.71. The van der Waals surface area contributed by atoms with Crippen LogP contribution in [0.3, 0.4) is 0 Å². The van der Waals surface area contributed by atoms with Crippen LogP contribution in [0.15, 0.2) is 24.3 Å². The van der Waals surface area contributed by atoms with Crippen molar-refractivity contribution in [1.29, 1.82) is 0 Å². The minimum Gasteiger partial charge on any atom is -0.494 e. The Labute approximate surface area is 145 Å². The fraction of sp³-hybridized carbons (Fsp3) is 0.650. The van der Waals surface area contributed by atoms with Gasteiger partial charge in [-0.3, -0.25) is 4.79 Å². The van der Waals surface area contributed by atoms with Crippen LogP contribution >= 0.6 is 0 Å². The highest BCUT2D eigenvalue weighted by atomic mass is 16.5. The van der Waals surface area contributed by atoms with Gasteiger partial charge in [-0.2, -0.15) is 0 Å². The lowest BCUT2D eigenvalue weighted by Crippen LogP contribution is -2.31. The third-order valence-electron chi connectivity index (χ3n) is 4.89. The van der Waals surface area contributed by atoms with Crippen molar-refractivity contribution < 1.29 is 14.3 Å². The lowest BCUT2D eigenvalue weighted by Gasteiger charge is -2.23. The molecule has 0 aromatic heterocycles. The van der Waals surface area contributed by atoms with E-state index in [0.29, 0.717) is 19.6 Å². The quantitative estimate of drug-likeness (QED) is 0.699. The van der Waals surface area contributed by atoms with Crippen LogP contribution in [0.1, 0.15) is 58.4 Å². The van der Waals surface area contributed by atoms with Crippen LogP contribution in [0, 0.1) is 0 Å². The zero-order valence-corrected chi connectivity index (χ0v) is 15.3. The number of amides is 1. The Morgan fingerprint density at radius 2 is 2.08 bits per heavy atom. The van der Waals surface area contributed by atoms with Crippen molar-refractivity contribution in [1.82, 2.24) is 5.32 Å². The normalized spacial score (nSPS) is 17.7.